The van der Waals surface area contributed by atoms with Crippen LogP contribution in [0.3, 0.4) is 0 Å². The van der Waals surface area contributed by atoms with Crippen LogP contribution < -0.4 is 0 Å². The normalized spacial score (nSPS) is 26.3. The number of hydrogen-bond acceptors (Lipinski definition) is 6. The Hall–Kier alpha value is -2.30. The molecule has 1 aromatic carbocycles. The van der Waals surface area contributed by atoms with Crippen LogP contribution in [0.4, 0.5) is 13.2 Å². The summed E-state index contributed by atoms with van der Waals surface area (Å²) in [4.78, 5) is 11.1. The fourth-order valence-electron chi connectivity index (χ4n) is 6.24. The quantitative estimate of drug-likeness (QED) is 0.620. The van der Waals surface area contributed by atoms with Crippen LogP contribution in [-0.4, -0.2) is 62.9 Å². The topological polar surface area (TPSA) is 86.6 Å². The summed E-state index contributed by atoms with van der Waals surface area (Å²) < 4.78 is 46.7. The number of aliphatic hydroxyl groups is 1. The van der Waals surface area contributed by atoms with Crippen molar-refractivity contribution in [1.82, 2.24) is 20.1 Å². The van der Waals surface area contributed by atoms with E-state index in [4.69, 9.17) is 9.73 Å². The lowest BCUT2D eigenvalue weighted by Crippen LogP contribution is -2.51. The maximum atomic E-state index is 13.8. The van der Waals surface area contributed by atoms with Crippen molar-refractivity contribution in [3.05, 3.63) is 35.2 Å². The molecule has 3 heterocycles. The van der Waals surface area contributed by atoms with Gasteiger partial charge < -0.3 is 9.84 Å². The zero-order chi connectivity index (χ0) is 25.5. The van der Waals surface area contributed by atoms with Crippen molar-refractivity contribution in [2.45, 2.75) is 77.4 Å². The summed E-state index contributed by atoms with van der Waals surface area (Å²) in [5.41, 5.74) is 1.97. The van der Waals surface area contributed by atoms with Gasteiger partial charge >= 0.3 is 6.18 Å². The summed E-state index contributed by atoms with van der Waals surface area (Å²) in [6, 6.07) is 2.55. The molecule has 3 aliphatic rings. The van der Waals surface area contributed by atoms with Crippen LogP contribution in [0.25, 0.3) is 11.4 Å². The molecule has 36 heavy (non-hydrogen) atoms. The molecule has 7 nitrogen and oxygen atoms in total. The van der Waals surface area contributed by atoms with Crippen LogP contribution in [0.2, 0.25) is 0 Å². The molecule has 0 radical (unpaired) electrons. The molecule has 1 aliphatic carbocycles. The van der Waals surface area contributed by atoms with Gasteiger partial charge in [0, 0.05) is 42.6 Å². The van der Waals surface area contributed by atoms with Gasteiger partial charge in [0.15, 0.2) is 5.82 Å². The molecule has 1 saturated carbocycles. The first-order valence-corrected chi connectivity index (χ1v) is 12.8. The van der Waals surface area contributed by atoms with E-state index >= 15 is 0 Å². The number of alkyl halides is 3. The van der Waals surface area contributed by atoms with E-state index in [1.165, 1.54) is 18.1 Å². The highest BCUT2D eigenvalue weighted by Gasteiger charge is 2.49. The summed E-state index contributed by atoms with van der Waals surface area (Å²) in [5, 5.41) is 18.3. The number of benzene rings is 1. The average Bonchev–Trinajstić information content (AvgIpc) is 3.54. The van der Waals surface area contributed by atoms with Gasteiger partial charge in [0.1, 0.15) is 12.6 Å². The van der Waals surface area contributed by atoms with Gasteiger partial charge in [-0.05, 0) is 54.9 Å². The Kier molecular flexibility index (Phi) is 6.95. The van der Waals surface area contributed by atoms with Crippen molar-refractivity contribution in [1.29, 1.82) is 0 Å². The van der Waals surface area contributed by atoms with Crippen LogP contribution in [-0.2, 0) is 23.9 Å². The van der Waals surface area contributed by atoms with E-state index in [9.17, 15) is 18.3 Å². The maximum Gasteiger partial charge on any atom is 0.416 e. The summed E-state index contributed by atoms with van der Waals surface area (Å²) >= 11 is 0. The number of nitrogens with one attached hydrogen (secondary N) is 1. The van der Waals surface area contributed by atoms with E-state index < -0.39 is 18.0 Å². The fourth-order valence-corrected chi connectivity index (χ4v) is 6.24. The molecule has 5 rings (SSSR count). The molecule has 2 fully saturated rings. The highest BCUT2D eigenvalue weighted by Crippen LogP contribution is 2.50. The van der Waals surface area contributed by atoms with Crippen molar-refractivity contribution >= 4 is 5.71 Å². The number of fused-ring (bicyclic) bond motifs is 1. The molecule has 196 valence electrons. The minimum Gasteiger partial charge on any atom is -0.381 e. The minimum absolute atomic E-state index is 0.169. The van der Waals surface area contributed by atoms with Crippen molar-refractivity contribution in [2.24, 2.45) is 16.3 Å². The Labute approximate surface area is 209 Å². The molecule has 1 unspecified atom stereocenters. The number of ether oxygens (including phenoxy) is 1. The number of halogens is 3. The van der Waals surface area contributed by atoms with Crippen molar-refractivity contribution in [3.63, 3.8) is 0 Å². The van der Waals surface area contributed by atoms with Gasteiger partial charge in [0.2, 0.25) is 0 Å². The molecular weight excluding hydrogens is 471 g/mol. The van der Waals surface area contributed by atoms with Gasteiger partial charge in [-0.15, -0.1) is 0 Å². The van der Waals surface area contributed by atoms with Crippen molar-refractivity contribution < 1.29 is 23.0 Å². The van der Waals surface area contributed by atoms with E-state index in [1.54, 1.807) is 0 Å². The molecule has 3 atom stereocenters. The van der Waals surface area contributed by atoms with E-state index in [1.807, 2.05) is 4.90 Å². The first-order chi connectivity index (χ1) is 17.2. The van der Waals surface area contributed by atoms with Gasteiger partial charge in [-0.1, -0.05) is 13.8 Å². The number of aromatic amines is 1. The molecule has 0 amide bonds. The van der Waals surface area contributed by atoms with Crippen molar-refractivity contribution in [3.8, 4) is 11.4 Å². The van der Waals surface area contributed by atoms with Crippen LogP contribution in [0.5, 0.6) is 0 Å². The standard InChI is InChI=1S/C26H34F3N5O2/c1-16(2)25(7-3-20(13-25)32-19-5-9-36-10-6-19)24(35)34-8-4-21-17(14-34)11-18(26(27,28)29)12-22(21)23-30-15-31-33-23/h11-12,15-16,20,24,35H,3-10,13-14H2,1-2H3,(H,30,31,33)/t20-,24?,25+/m1/s1. The molecule has 2 N–H and O–H groups in total. The van der Waals surface area contributed by atoms with E-state index in [2.05, 4.69) is 29.0 Å². The molecule has 2 aromatic rings. The van der Waals surface area contributed by atoms with E-state index in [0.717, 1.165) is 43.7 Å². The number of H-pyrrole nitrogens is 1. The zero-order valence-corrected chi connectivity index (χ0v) is 20.8. The third-order valence-electron chi connectivity index (χ3n) is 8.37. The molecule has 10 heteroatoms. The predicted octanol–water partition coefficient (Wildman–Crippen LogP) is 4.61. The SMILES string of the molecule is CC(C)[C@]1(C(O)N2CCc3c(cc(C(F)(F)F)cc3-c3ncn[nH]3)C2)CC[C@@H](N=C2CCOCC2)C1. The molecule has 0 bridgehead atoms. The largest absolute Gasteiger partial charge is 0.416 e. The van der Waals surface area contributed by atoms with Crippen LogP contribution in [0, 0.1) is 11.3 Å². The monoisotopic (exact) mass is 505 g/mol. The Morgan fingerprint density at radius 3 is 2.67 bits per heavy atom. The number of hydrogen-bond donors (Lipinski definition) is 2. The maximum absolute atomic E-state index is 13.8. The summed E-state index contributed by atoms with van der Waals surface area (Å²) in [5.74, 6) is 0.538. The van der Waals surface area contributed by atoms with Gasteiger partial charge in [0.25, 0.3) is 0 Å². The second-order valence-electron chi connectivity index (χ2n) is 10.7. The number of aliphatic hydroxyl groups excluding tert-OH is 1. The highest BCUT2D eigenvalue weighted by molar-refractivity contribution is 5.85. The van der Waals surface area contributed by atoms with E-state index in [0.29, 0.717) is 43.1 Å². The Balaban J connectivity index is 1.41. The predicted molar refractivity (Wildman–Crippen MR) is 129 cm³/mol. The van der Waals surface area contributed by atoms with Gasteiger partial charge in [-0.3, -0.25) is 15.0 Å². The van der Waals surface area contributed by atoms with Crippen LogP contribution in [0.15, 0.2) is 23.5 Å². The first kappa shape index (κ1) is 25.4. The van der Waals surface area contributed by atoms with Gasteiger partial charge in [-0.25, -0.2) is 4.98 Å². The zero-order valence-electron chi connectivity index (χ0n) is 20.8. The first-order valence-electron chi connectivity index (χ1n) is 12.8. The second kappa shape index (κ2) is 9.87. The van der Waals surface area contributed by atoms with Gasteiger partial charge in [0.05, 0.1) is 24.8 Å². The number of nitrogens with zero attached hydrogens (tertiary/aromatic N) is 4. The number of rotatable bonds is 5. The fraction of sp³-hybridized carbons (Fsp3) is 0.654. The third-order valence-corrected chi connectivity index (χ3v) is 8.37. The molecule has 1 aromatic heterocycles. The molecule has 2 aliphatic heterocycles. The van der Waals surface area contributed by atoms with Crippen LogP contribution >= 0.6 is 0 Å². The molecule has 0 spiro atoms. The lowest BCUT2D eigenvalue weighted by atomic mass is 9.73. The summed E-state index contributed by atoms with van der Waals surface area (Å²) in [6.45, 7) is 6.52. The van der Waals surface area contributed by atoms with Crippen LogP contribution in [0.1, 0.15) is 62.6 Å². The molecular formula is C26H34F3N5O2. The Bertz CT molecular complexity index is 1090. The van der Waals surface area contributed by atoms with Crippen molar-refractivity contribution in [2.75, 3.05) is 19.8 Å². The number of aromatic nitrogens is 3. The third kappa shape index (κ3) is 4.82. The number of aliphatic imine (C=N–C) groups is 1. The summed E-state index contributed by atoms with van der Waals surface area (Å²) in [7, 11) is 0. The summed E-state index contributed by atoms with van der Waals surface area (Å²) in [6.07, 6.45) is 0.869. The van der Waals surface area contributed by atoms with E-state index in [-0.39, 0.29) is 23.9 Å². The highest BCUT2D eigenvalue weighted by atomic mass is 19.4. The van der Waals surface area contributed by atoms with Gasteiger partial charge in [-0.2, -0.15) is 18.3 Å². The minimum atomic E-state index is -4.48. The average molecular weight is 506 g/mol. The Morgan fingerprint density at radius 2 is 2.00 bits per heavy atom. The molecule has 1 saturated heterocycles. The Morgan fingerprint density at radius 1 is 1.22 bits per heavy atom. The second-order valence-corrected chi connectivity index (χ2v) is 10.7. The lowest BCUT2D eigenvalue weighted by molar-refractivity contribution is -0.137. The smallest absolute Gasteiger partial charge is 0.381 e. The lowest BCUT2D eigenvalue weighted by Gasteiger charge is -2.45.